The molecule has 0 unspecified atom stereocenters. The van der Waals surface area contributed by atoms with Crippen molar-refractivity contribution in [2.45, 2.75) is 62.5 Å². The second-order valence-corrected chi connectivity index (χ2v) is 11.5. The summed E-state index contributed by atoms with van der Waals surface area (Å²) < 4.78 is 25.5. The highest BCUT2D eigenvalue weighted by molar-refractivity contribution is 7.89. The number of nitrogens with zero attached hydrogens (tertiary/aromatic N) is 2. The molecule has 6 heteroatoms. The topological polar surface area (TPSA) is 78.2 Å². The van der Waals surface area contributed by atoms with Gasteiger partial charge in [0.1, 0.15) is 0 Å². The normalized spacial score (nSPS) is 20.0. The Hall–Kier alpha value is -2.65. The molecule has 0 radical (unpaired) electrons. The van der Waals surface area contributed by atoms with Gasteiger partial charge in [0.2, 0.25) is 5.91 Å². The van der Waals surface area contributed by atoms with Crippen molar-refractivity contribution >= 4 is 21.4 Å². The molecular formula is C25H26N2O3S. The van der Waals surface area contributed by atoms with E-state index in [0.29, 0.717) is 35.4 Å². The number of nitriles is 1. The van der Waals surface area contributed by atoms with Crippen LogP contribution in [0.1, 0.15) is 60.8 Å². The van der Waals surface area contributed by atoms with Gasteiger partial charge in [-0.2, -0.15) is 5.26 Å². The summed E-state index contributed by atoms with van der Waals surface area (Å²) in [4.78, 5) is 14.7. The fourth-order valence-corrected chi connectivity index (χ4v) is 6.99. The van der Waals surface area contributed by atoms with E-state index in [-0.39, 0.29) is 17.4 Å². The van der Waals surface area contributed by atoms with Crippen LogP contribution in [0.4, 0.5) is 5.69 Å². The second-order valence-electron chi connectivity index (χ2n) is 9.48. The number of amides is 1. The van der Waals surface area contributed by atoms with Gasteiger partial charge in [-0.25, -0.2) is 8.42 Å². The van der Waals surface area contributed by atoms with Crippen molar-refractivity contribution in [3.8, 4) is 6.07 Å². The molecule has 1 heterocycles. The summed E-state index contributed by atoms with van der Waals surface area (Å²) in [6.07, 6.45) is 7.31. The summed E-state index contributed by atoms with van der Waals surface area (Å²) in [5, 5.41) is 8.89. The van der Waals surface area contributed by atoms with Gasteiger partial charge in [0.05, 0.1) is 23.1 Å². The molecule has 2 aromatic carbocycles. The van der Waals surface area contributed by atoms with Crippen LogP contribution in [0.3, 0.4) is 0 Å². The highest BCUT2D eigenvalue weighted by atomic mass is 32.2. The molecular weight excluding hydrogens is 408 g/mol. The summed E-state index contributed by atoms with van der Waals surface area (Å²) in [5.74, 6) is 0.124. The zero-order chi connectivity index (χ0) is 21.6. The van der Waals surface area contributed by atoms with Crippen molar-refractivity contribution in [3.05, 3.63) is 64.7 Å². The Morgan fingerprint density at radius 2 is 1.68 bits per heavy atom. The predicted octanol–water partition coefficient (Wildman–Crippen LogP) is 4.29. The number of sulfone groups is 1. The van der Waals surface area contributed by atoms with Gasteiger partial charge in [0, 0.05) is 18.2 Å². The maximum Gasteiger partial charge on any atom is 0.227 e. The number of aryl methyl sites for hydroxylation is 1. The number of hydrogen-bond donors (Lipinski definition) is 0. The van der Waals surface area contributed by atoms with Crippen LogP contribution in [0.5, 0.6) is 0 Å². The van der Waals surface area contributed by atoms with Crippen LogP contribution in [0.15, 0.2) is 42.5 Å². The van der Waals surface area contributed by atoms with E-state index in [0.717, 1.165) is 29.7 Å². The molecule has 31 heavy (non-hydrogen) atoms. The van der Waals surface area contributed by atoms with Crippen molar-refractivity contribution in [3.63, 3.8) is 0 Å². The first kappa shape index (κ1) is 20.3. The van der Waals surface area contributed by atoms with Crippen LogP contribution in [-0.4, -0.2) is 20.4 Å². The number of fused-ring (bicyclic) bond motifs is 1. The predicted molar refractivity (Wildman–Crippen MR) is 119 cm³/mol. The Morgan fingerprint density at radius 1 is 1.00 bits per heavy atom. The number of anilines is 1. The highest BCUT2D eigenvalue weighted by Crippen LogP contribution is 2.58. The van der Waals surface area contributed by atoms with Crippen LogP contribution < -0.4 is 4.90 Å². The van der Waals surface area contributed by atoms with E-state index in [1.54, 1.807) is 24.3 Å². The van der Waals surface area contributed by atoms with Crippen molar-refractivity contribution in [2.24, 2.45) is 5.41 Å². The third kappa shape index (κ3) is 3.87. The van der Waals surface area contributed by atoms with Gasteiger partial charge in [0.25, 0.3) is 0 Å². The maximum atomic E-state index is 12.8. The number of carbonyl (C=O) groups is 1. The Bertz CT molecular complexity index is 1170. The second kappa shape index (κ2) is 7.49. The van der Waals surface area contributed by atoms with Crippen LogP contribution in [0, 0.1) is 16.7 Å². The van der Waals surface area contributed by atoms with Crippen LogP contribution in [0.25, 0.3) is 0 Å². The average molecular weight is 435 g/mol. The minimum Gasteiger partial charge on any atom is -0.309 e. The molecule has 0 N–H and O–H groups in total. The first-order valence-electron chi connectivity index (χ1n) is 11.0. The maximum absolute atomic E-state index is 12.8. The summed E-state index contributed by atoms with van der Waals surface area (Å²) in [7, 11) is -3.34. The molecule has 1 spiro atoms. The minimum absolute atomic E-state index is 0.0270. The monoisotopic (exact) mass is 434 g/mol. The lowest BCUT2D eigenvalue weighted by Crippen LogP contribution is -2.56. The third-order valence-electron chi connectivity index (χ3n) is 7.25. The van der Waals surface area contributed by atoms with E-state index in [2.05, 4.69) is 0 Å². The Kier molecular flexibility index (Phi) is 4.90. The van der Waals surface area contributed by atoms with E-state index >= 15 is 0 Å². The summed E-state index contributed by atoms with van der Waals surface area (Å²) in [6, 6.07) is 14.8. The SMILES string of the molecule is N#Cc1ccc(CS(=O)(=O)Cc2ccc3c(c2)CCC(=O)N3C2CC3(CCC3)C2)cc1. The quantitative estimate of drug-likeness (QED) is 0.703. The molecule has 2 fully saturated rings. The van der Waals surface area contributed by atoms with Gasteiger partial charge in [-0.05, 0) is 72.4 Å². The number of benzene rings is 2. The van der Waals surface area contributed by atoms with Crippen LogP contribution >= 0.6 is 0 Å². The molecule has 2 saturated carbocycles. The summed E-state index contributed by atoms with van der Waals surface area (Å²) >= 11 is 0. The Balaban J connectivity index is 1.31. The molecule has 5 rings (SSSR count). The van der Waals surface area contributed by atoms with E-state index in [1.807, 2.05) is 29.2 Å². The molecule has 0 aromatic heterocycles. The van der Waals surface area contributed by atoms with Crippen LogP contribution in [-0.2, 0) is 32.6 Å². The van der Waals surface area contributed by atoms with Gasteiger partial charge in [-0.1, -0.05) is 30.7 Å². The lowest BCUT2D eigenvalue weighted by atomic mass is 9.53. The molecule has 0 saturated heterocycles. The Labute approximate surface area is 183 Å². The summed E-state index contributed by atoms with van der Waals surface area (Å²) in [5.41, 5.74) is 4.53. The van der Waals surface area contributed by atoms with E-state index in [1.165, 1.54) is 19.3 Å². The number of hydrogen-bond acceptors (Lipinski definition) is 4. The van der Waals surface area contributed by atoms with Crippen molar-refractivity contribution in [2.75, 3.05) is 4.90 Å². The zero-order valence-electron chi connectivity index (χ0n) is 17.5. The van der Waals surface area contributed by atoms with Crippen LogP contribution in [0.2, 0.25) is 0 Å². The van der Waals surface area contributed by atoms with Gasteiger partial charge in [-0.15, -0.1) is 0 Å². The van der Waals surface area contributed by atoms with E-state index < -0.39 is 9.84 Å². The number of carbonyl (C=O) groups excluding carboxylic acids is 1. The number of rotatable bonds is 5. The Morgan fingerprint density at radius 3 is 2.32 bits per heavy atom. The molecule has 5 nitrogen and oxygen atoms in total. The molecule has 3 aliphatic rings. The standard InChI is InChI=1S/C25H26N2O3S/c26-15-18-2-4-19(5-3-18)16-31(29,30)17-20-6-8-23-21(12-20)7-9-24(28)27(23)22-13-25(14-22)10-1-11-25/h2-6,8,12,22H,1,7,9-11,13-14,16-17H2. The van der Waals surface area contributed by atoms with Gasteiger partial charge in [-0.3, -0.25) is 4.79 Å². The molecule has 1 amide bonds. The summed E-state index contributed by atoms with van der Waals surface area (Å²) in [6.45, 7) is 0. The van der Waals surface area contributed by atoms with E-state index in [4.69, 9.17) is 5.26 Å². The molecule has 2 aliphatic carbocycles. The lowest BCUT2D eigenvalue weighted by Gasteiger charge is -2.57. The molecule has 1 aliphatic heterocycles. The molecule has 0 atom stereocenters. The largest absolute Gasteiger partial charge is 0.309 e. The molecule has 0 bridgehead atoms. The van der Waals surface area contributed by atoms with E-state index in [9.17, 15) is 13.2 Å². The fraction of sp³-hybridized carbons (Fsp3) is 0.440. The first-order chi connectivity index (χ1) is 14.9. The van der Waals surface area contributed by atoms with Gasteiger partial charge >= 0.3 is 0 Å². The highest BCUT2D eigenvalue weighted by Gasteiger charge is 2.51. The van der Waals surface area contributed by atoms with Crippen molar-refractivity contribution in [1.29, 1.82) is 5.26 Å². The average Bonchev–Trinajstić information content (AvgIpc) is 2.67. The van der Waals surface area contributed by atoms with Crippen molar-refractivity contribution < 1.29 is 13.2 Å². The van der Waals surface area contributed by atoms with Gasteiger partial charge < -0.3 is 4.90 Å². The molecule has 160 valence electrons. The fourth-order valence-electron chi connectivity index (χ4n) is 5.50. The zero-order valence-corrected chi connectivity index (χ0v) is 18.3. The lowest BCUT2D eigenvalue weighted by molar-refractivity contribution is -0.121. The van der Waals surface area contributed by atoms with Crippen molar-refractivity contribution in [1.82, 2.24) is 0 Å². The minimum atomic E-state index is -3.34. The first-order valence-corrected chi connectivity index (χ1v) is 12.8. The molecule has 2 aromatic rings. The smallest absolute Gasteiger partial charge is 0.227 e. The third-order valence-corrected chi connectivity index (χ3v) is 8.80. The van der Waals surface area contributed by atoms with Gasteiger partial charge in [0.15, 0.2) is 9.84 Å².